The Morgan fingerprint density at radius 3 is 2.00 bits per heavy atom. The molecule has 0 aliphatic heterocycles. The fraction of sp³-hybridized carbons (Fsp3) is 0. The van der Waals surface area contributed by atoms with Gasteiger partial charge in [0.2, 0.25) is 0 Å². The van der Waals surface area contributed by atoms with Crippen LogP contribution in [0.1, 0.15) is 32.9 Å². The lowest BCUT2D eigenvalue weighted by Crippen LogP contribution is -1.88. The van der Waals surface area contributed by atoms with Gasteiger partial charge in [0, 0.05) is 16.2 Å². The van der Waals surface area contributed by atoms with Crippen molar-refractivity contribution in [3.05, 3.63) is 145 Å². The number of benzene rings is 8. The highest BCUT2D eigenvalue weighted by atomic mass is 16.3. The van der Waals surface area contributed by atoms with Crippen molar-refractivity contribution in [2.75, 3.05) is 0 Å². The monoisotopic (exact) mass is 544 g/mol. The molecule has 190 valence electrons. The quantitative estimate of drug-likeness (QED) is 0.156. The molecule has 0 fully saturated rings. The van der Waals surface area contributed by atoms with Crippen molar-refractivity contribution >= 4 is 65.0 Å². The van der Waals surface area contributed by atoms with E-state index in [9.17, 15) is 8.22 Å². The maximum atomic E-state index is 9.49. The summed E-state index contributed by atoms with van der Waals surface area (Å²) in [6, 6.07) is -20.1. The number of furan rings is 1. The molecule has 9 aromatic rings. The van der Waals surface area contributed by atoms with Gasteiger partial charge in [-0.1, -0.05) is 127 Å². The molecule has 1 aromatic heterocycles. The molecule has 8 aromatic carbocycles. The van der Waals surface area contributed by atoms with E-state index in [0.29, 0.717) is 0 Å². The van der Waals surface area contributed by atoms with E-state index < -0.39 is 232 Å². The van der Waals surface area contributed by atoms with Gasteiger partial charge in [-0.05, 0) is 78.1 Å². The van der Waals surface area contributed by atoms with Crippen molar-refractivity contribution < 1.29 is 37.3 Å². The molecule has 0 atom stereocenters. The Labute approximate surface area is 270 Å². The van der Waals surface area contributed by atoms with Crippen molar-refractivity contribution in [3.63, 3.8) is 0 Å². The van der Waals surface area contributed by atoms with Gasteiger partial charge >= 0.3 is 0 Å². The van der Waals surface area contributed by atoms with Gasteiger partial charge in [0.25, 0.3) is 0 Å². The molecular formula is C40H24O. The number of hydrogen-bond acceptors (Lipinski definition) is 1. The zero-order chi connectivity index (χ0) is 47.8. The molecule has 1 heterocycles. The number of rotatable bonds is 2. The van der Waals surface area contributed by atoms with Gasteiger partial charge < -0.3 is 4.42 Å². The molecule has 0 bridgehead atoms. The van der Waals surface area contributed by atoms with E-state index in [0.717, 1.165) is 0 Å². The van der Waals surface area contributed by atoms with Crippen molar-refractivity contribution in [2.24, 2.45) is 0 Å². The molecular weight excluding hydrogens is 496 g/mol. The Bertz CT molecular complexity index is 3790. The van der Waals surface area contributed by atoms with Gasteiger partial charge in [-0.15, -0.1) is 0 Å². The van der Waals surface area contributed by atoms with Crippen LogP contribution in [0, 0.1) is 0 Å². The van der Waals surface area contributed by atoms with Crippen LogP contribution in [-0.2, 0) is 0 Å². The first kappa shape index (κ1) is 9.33. The number of fused-ring (bicyclic) bond motifs is 9. The Hall–Kier alpha value is -5.40. The summed E-state index contributed by atoms with van der Waals surface area (Å²) in [5, 5.41) is -5.33. The summed E-state index contributed by atoms with van der Waals surface area (Å²) >= 11 is 0. The largest absolute Gasteiger partial charge is 0.455 e. The zero-order valence-electron chi connectivity index (χ0n) is 44.4. The Kier molecular flexibility index (Phi) is 1.94. The Balaban J connectivity index is 1.64. The summed E-state index contributed by atoms with van der Waals surface area (Å²) in [7, 11) is 0. The summed E-state index contributed by atoms with van der Waals surface area (Å²) in [6.07, 6.45) is 0. The molecule has 1 heteroatoms. The molecule has 0 aliphatic rings. The first-order chi connectivity index (χ1) is 30.3. The molecule has 0 N–H and O–H groups in total. The lowest BCUT2D eigenvalue weighted by Gasteiger charge is -2.15. The normalized spacial score (nSPS) is 20.1. The number of hydrogen-bond donors (Lipinski definition) is 0. The maximum Gasteiger partial charge on any atom is 0.143 e. The van der Waals surface area contributed by atoms with Gasteiger partial charge in [0.15, 0.2) is 0 Å². The van der Waals surface area contributed by atoms with Crippen molar-refractivity contribution in [1.29, 1.82) is 0 Å². The van der Waals surface area contributed by atoms with E-state index in [1.54, 1.807) is 0 Å². The second kappa shape index (κ2) is 8.55. The standard InChI is InChI=1S/C40H24O/c1-2-10-25(11-3-1)28-16-8-17-33-31(28)22-23-35-39-34(18-9-19-37(39)41-40(33)35)38-30-15-7-5-13-27(30)24-36-29-14-6-4-12-26(29)20-21-32(36)38/h1-24H/i1D,2D,3D,4D,5D,6D,7D,8D,9D,10D,11D,12D,13D,14D,15D,16D,17D,18D,19D,20D,21D,22D,23D,24D. The van der Waals surface area contributed by atoms with E-state index in [1.165, 1.54) is 0 Å². The van der Waals surface area contributed by atoms with E-state index in [2.05, 4.69) is 0 Å². The molecule has 0 amide bonds. The minimum Gasteiger partial charge on any atom is -0.455 e. The predicted octanol–water partition coefficient (Wildman–Crippen LogP) is 11.5. The average molecular weight is 545 g/mol. The lowest BCUT2D eigenvalue weighted by molar-refractivity contribution is 0.673. The van der Waals surface area contributed by atoms with Crippen LogP contribution in [0.3, 0.4) is 0 Å². The van der Waals surface area contributed by atoms with Gasteiger partial charge in [-0.25, -0.2) is 0 Å². The molecule has 0 spiro atoms. The molecule has 0 aliphatic carbocycles. The molecule has 41 heavy (non-hydrogen) atoms. The summed E-state index contributed by atoms with van der Waals surface area (Å²) < 4.78 is 219. The van der Waals surface area contributed by atoms with Gasteiger partial charge in [-0.3, -0.25) is 0 Å². The highest BCUT2D eigenvalue weighted by Gasteiger charge is 2.19. The highest BCUT2D eigenvalue weighted by molar-refractivity contribution is 6.26. The van der Waals surface area contributed by atoms with Gasteiger partial charge in [-0.2, -0.15) is 0 Å². The van der Waals surface area contributed by atoms with E-state index in [1.807, 2.05) is 0 Å². The average Bonchev–Trinajstić information content (AvgIpc) is 3.67. The third-order valence-electron chi connectivity index (χ3n) is 6.87. The molecule has 0 saturated carbocycles. The van der Waals surface area contributed by atoms with Crippen LogP contribution in [0.4, 0.5) is 0 Å². The summed E-state index contributed by atoms with van der Waals surface area (Å²) in [6.45, 7) is 0. The van der Waals surface area contributed by atoms with E-state index >= 15 is 0 Å². The van der Waals surface area contributed by atoms with E-state index in [4.69, 9.17) is 29.1 Å². The van der Waals surface area contributed by atoms with Crippen LogP contribution in [0.15, 0.2) is 149 Å². The summed E-state index contributed by atoms with van der Waals surface area (Å²) in [5.74, 6) is 0. The first-order valence-electron chi connectivity index (χ1n) is 24.2. The van der Waals surface area contributed by atoms with Gasteiger partial charge in [0.05, 0.1) is 32.9 Å². The fourth-order valence-corrected chi connectivity index (χ4v) is 5.16. The van der Waals surface area contributed by atoms with Crippen molar-refractivity contribution in [3.8, 4) is 22.3 Å². The molecule has 0 radical (unpaired) electrons. The molecule has 0 unspecified atom stereocenters. The van der Waals surface area contributed by atoms with Crippen LogP contribution in [0.5, 0.6) is 0 Å². The summed E-state index contributed by atoms with van der Waals surface area (Å²) in [5.41, 5.74) is -3.66. The second-order valence-electron chi connectivity index (χ2n) is 9.01. The third kappa shape index (κ3) is 3.24. The highest BCUT2D eigenvalue weighted by Crippen LogP contribution is 2.45. The van der Waals surface area contributed by atoms with Crippen LogP contribution in [0.25, 0.3) is 87.3 Å². The summed E-state index contributed by atoms with van der Waals surface area (Å²) in [4.78, 5) is 0. The van der Waals surface area contributed by atoms with E-state index in [-0.39, 0.29) is 0 Å². The topological polar surface area (TPSA) is 13.1 Å². The van der Waals surface area contributed by atoms with Crippen LogP contribution < -0.4 is 0 Å². The zero-order valence-corrected chi connectivity index (χ0v) is 20.4. The maximum absolute atomic E-state index is 9.49. The van der Waals surface area contributed by atoms with Crippen molar-refractivity contribution in [1.82, 2.24) is 0 Å². The van der Waals surface area contributed by atoms with Crippen LogP contribution in [-0.4, -0.2) is 0 Å². The van der Waals surface area contributed by atoms with Crippen molar-refractivity contribution in [2.45, 2.75) is 0 Å². The fourth-order valence-electron chi connectivity index (χ4n) is 5.16. The van der Waals surface area contributed by atoms with Crippen LogP contribution >= 0.6 is 0 Å². The first-order valence-corrected chi connectivity index (χ1v) is 12.2. The Morgan fingerprint density at radius 2 is 1.10 bits per heavy atom. The minimum atomic E-state index is -0.911. The SMILES string of the molecule is [2H]c1c([2H])c([2H])c(-c2c([2H])c([2H])c([2H])c3c2c([2H])c([2H])c2c3oc3c([2H])c([2H])c([2H])c(-c4c5c([2H])c([2H])c([2H])c([2H])c5c([2H])c5c4c([2H])c([2H])c4c([2H])c([2H])c([2H])c([2H])c45)c32)c([2H])c1[2H]. The molecule has 1 nitrogen and oxygen atoms in total. The third-order valence-corrected chi connectivity index (χ3v) is 6.87. The smallest absolute Gasteiger partial charge is 0.143 e. The molecule has 0 saturated heterocycles. The van der Waals surface area contributed by atoms with Crippen LogP contribution in [0.2, 0.25) is 0 Å². The Morgan fingerprint density at radius 1 is 0.415 bits per heavy atom. The second-order valence-corrected chi connectivity index (χ2v) is 9.01. The molecule has 9 rings (SSSR count). The minimum absolute atomic E-state index is 0.495. The predicted molar refractivity (Wildman–Crippen MR) is 175 cm³/mol. The van der Waals surface area contributed by atoms with Gasteiger partial charge in [0.1, 0.15) is 11.2 Å². The lowest BCUT2D eigenvalue weighted by atomic mass is 9.88.